The predicted octanol–water partition coefficient (Wildman–Crippen LogP) is 3.51. The van der Waals surface area contributed by atoms with Crippen LogP contribution < -0.4 is 10.1 Å². The molecule has 0 saturated heterocycles. The summed E-state index contributed by atoms with van der Waals surface area (Å²) < 4.78 is 4.97. The fourth-order valence-corrected chi connectivity index (χ4v) is 2.75. The lowest BCUT2D eigenvalue weighted by Gasteiger charge is -2.20. The summed E-state index contributed by atoms with van der Waals surface area (Å²) in [4.78, 5) is 22.6. The second-order valence-corrected chi connectivity index (χ2v) is 5.40. The molecule has 1 amide bonds. The number of hydrogen-bond donors (Lipinski definition) is 1. The molecule has 1 aromatic carbocycles. The number of benzene rings is 1. The molecule has 1 fully saturated rings. The van der Waals surface area contributed by atoms with Crippen LogP contribution in [0.25, 0.3) is 0 Å². The van der Waals surface area contributed by atoms with Gasteiger partial charge in [0.25, 0.3) is 5.69 Å². The monoisotopic (exact) mass is 292 g/mol. The molecule has 1 aliphatic rings. The smallest absolute Gasteiger partial charge is 0.296 e. The minimum atomic E-state index is -0.515. The molecule has 0 unspecified atom stereocenters. The second kappa shape index (κ2) is 7.06. The van der Waals surface area contributed by atoms with Gasteiger partial charge in [-0.25, -0.2) is 0 Å². The lowest BCUT2D eigenvalue weighted by atomic mass is 9.87. The van der Waals surface area contributed by atoms with Crippen molar-refractivity contribution in [2.24, 2.45) is 5.92 Å². The number of nitrogens with zero attached hydrogens (tertiary/aromatic N) is 1. The number of rotatable bonds is 5. The highest BCUT2D eigenvalue weighted by molar-refractivity contribution is 5.93. The number of carbonyl (C=O) groups excluding carboxylic acids is 1. The maximum Gasteiger partial charge on any atom is 0.296 e. The summed E-state index contributed by atoms with van der Waals surface area (Å²) in [7, 11) is 1.44. The highest BCUT2D eigenvalue weighted by Crippen LogP contribution is 2.30. The standard InChI is InChI=1S/C15H20N2O4/c1-21-12-7-8-13(14(10-12)17(19)20)16-15(18)9-11-5-3-2-4-6-11/h7-8,10-11H,2-6,9H2,1H3,(H,16,18). The van der Waals surface area contributed by atoms with Crippen molar-refractivity contribution in [3.05, 3.63) is 28.3 Å². The molecule has 0 radical (unpaired) electrons. The minimum absolute atomic E-state index is 0.147. The predicted molar refractivity (Wildman–Crippen MR) is 79.5 cm³/mol. The summed E-state index contributed by atoms with van der Waals surface area (Å²) in [5.74, 6) is 0.637. The van der Waals surface area contributed by atoms with Crippen molar-refractivity contribution in [3.8, 4) is 5.75 Å². The molecule has 0 bridgehead atoms. The average Bonchev–Trinajstić information content (AvgIpc) is 2.48. The maximum absolute atomic E-state index is 12.0. The van der Waals surface area contributed by atoms with E-state index in [1.165, 1.54) is 38.5 Å². The topological polar surface area (TPSA) is 81.5 Å². The lowest BCUT2D eigenvalue weighted by Crippen LogP contribution is -2.18. The Balaban J connectivity index is 2.04. The van der Waals surface area contributed by atoms with Crippen LogP contribution in [0.1, 0.15) is 38.5 Å². The Bertz CT molecular complexity index is 524. The number of hydrogen-bond acceptors (Lipinski definition) is 4. The van der Waals surface area contributed by atoms with Crippen molar-refractivity contribution in [3.63, 3.8) is 0 Å². The van der Waals surface area contributed by atoms with E-state index < -0.39 is 4.92 Å². The van der Waals surface area contributed by atoms with Crippen LogP contribution in [0.3, 0.4) is 0 Å². The molecule has 1 N–H and O–H groups in total. The van der Waals surface area contributed by atoms with Gasteiger partial charge in [0.15, 0.2) is 0 Å². The number of nitro groups is 1. The van der Waals surface area contributed by atoms with Crippen LogP contribution in [0.15, 0.2) is 18.2 Å². The number of carbonyl (C=O) groups is 1. The van der Waals surface area contributed by atoms with Crippen LogP contribution >= 0.6 is 0 Å². The van der Waals surface area contributed by atoms with Gasteiger partial charge in [0.2, 0.25) is 5.91 Å². The first kappa shape index (κ1) is 15.3. The molecule has 1 saturated carbocycles. The van der Waals surface area contributed by atoms with Crippen molar-refractivity contribution in [1.29, 1.82) is 0 Å². The van der Waals surface area contributed by atoms with Crippen LogP contribution in [0.4, 0.5) is 11.4 Å². The molecule has 0 aromatic heterocycles. The highest BCUT2D eigenvalue weighted by Gasteiger charge is 2.20. The average molecular weight is 292 g/mol. The molecule has 21 heavy (non-hydrogen) atoms. The van der Waals surface area contributed by atoms with E-state index in [4.69, 9.17) is 4.74 Å². The quantitative estimate of drug-likeness (QED) is 0.665. The Morgan fingerprint density at radius 3 is 2.71 bits per heavy atom. The molecule has 0 atom stereocenters. The number of nitro benzene ring substituents is 1. The Labute approximate surface area is 123 Å². The molecule has 0 aliphatic heterocycles. The number of nitrogens with one attached hydrogen (secondary N) is 1. The molecule has 6 heteroatoms. The first-order valence-electron chi connectivity index (χ1n) is 7.22. The van der Waals surface area contributed by atoms with Crippen molar-refractivity contribution >= 4 is 17.3 Å². The summed E-state index contributed by atoms with van der Waals surface area (Å²) in [6, 6.07) is 4.43. The zero-order valence-corrected chi connectivity index (χ0v) is 12.1. The largest absolute Gasteiger partial charge is 0.496 e. The number of methoxy groups -OCH3 is 1. The van der Waals surface area contributed by atoms with Gasteiger partial charge in [-0.1, -0.05) is 19.3 Å². The van der Waals surface area contributed by atoms with Crippen molar-refractivity contribution < 1.29 is 14.5 Å². The molecule has 1 aliphatic carbocycles. The van der Waals surface area contributed by atoms with Crippen molar-refractivity contribution in [2.45, 2.75) is 38.5 Å². The van der Waals surface area contributed by atoms with Gasteiger partial charge in [-0.05, 0) is 30.9 Å². The van der Waals surface area contributed by atoms with E-state index in [0.29, 0.717) is 18.1 Å². The SMILES string of the molecule is COc1ccc(NC(=O)CC2CCCCC2)c([N+](=O)[O-])c1. The Morgan fingerprint density at radius 2 is 2.10 bits per heavy atom. The van der Waals surface area contributed by atoms with Crippen LogP contribution in [-0.2, 0) is 4.79 Å². The third-order valence-corrected chi connectivity index (χ3v) is 3.87. The fraction of sp³-hybridized carbons (Fsp3) is 0.533. The molecular formula is C15H20N2O4. The van der Waals surface area contributed by atoms with Gasteiger partial charge in [-0.15, -0.1) is 0 Å². The van der Waals surface area contributed by atoms with Crippen LogP contribution in [0, 0.1) is 16.0 Å². The molecule has 1 aromatic rings. The van der Waals surface area contributed by atoms with Gasteiger partial charge in [-0.2, -0.15) is 0 Å². The maximum atomic E-state index is 12.0. The summed E-state index contributed by atoms with van der Waals surface area (Å²) >= 11 is 0. The van der Waals surface area contributed by atoms with Crippen LogP contribution in [0.5, 0.6) is 5.75 Å². The Kier molecular flexibility index (Phi) is 5.14. The summed E-state index contributed by atoms with van der Waals surface area (Å²) in [5, 5.41) is 13.7. The van der Waals surface area contributed by atoms with Crippen LogP contribution in [0.2, 0.25) is 0 Å². The Hall–Kier alpha value is -2.11. The first-order chi connectivity index (χ1) is 10.1. The molecule has 0 spiro atoms. The van der Waals surface area contributed by atoms with Gasteiger partial charge in [0.05, 0.1) is 18.1 Å². The van der Waals surface area contributed by atoms with E-state index in [1.54, 1.807) is 6.07 Å². The molecule has 2 rings (SSSR count). The van der Waals surface area contributed by atoms with Gasteiger partial charge in [0.1, 0.15) is 11.4 Å². The van der Waals surface area contributed by atoms with E-state index in [9.17, 15) is 14.9 Å². The van der Waals surface area contributed by atoms with Gasteiger partial charge in [0, 0.05) is 6.42 Å². The lowest BCUT2D eigenvalue weighted by molar-refractivity contribution is -0.384. The second-order valence-electron chi connectivity index (χ2n) is 5.40. The van der Waals surface area contributed by atoms with E-state index >= 15 is 0 Å². The summed E-state index contributed by atoms with van der Waals surface area (Å²) in [6.07, 6.45) is 6.14. The van der Waals surface area contributed by atoms with Crippen molar-refractivity contribution in [1.82, 2.24) is 0 Å². The van der Waals surface area contributed by atoms with Crippen molar-refractivity contribution in [2.75, 3.05) is 12.4 Å². The normalized spacial score (nSPS) is 15.5. The molecule has 0 heterocycles. The molecular weight excluding hydrogens is 272 g/mol. The van der Waals surface area contributed by atoms with E-state index in [1.807, 2.05) is 0 Å². The van der Waals surface area contributed by atoms with E-state index in [-0.39, 0.29) is 17.3 Å². The molecule has 114 valence electrons. The van der Waals surface area contributed by atoms with Gasteiger partial charge < -0.3 is 10.1 Å². The van der Waals surface area contributed by atoms with E-state index in [2.05, 4.69) is 5.32 Å². The van der Waals surface area contributed by atoms with Gasteiger partial charge in [-0.3, -0.25) is 14.9 Å². The fourth-order valence-electron chi connectivity index (χ4n) is 2.75. The first-order valence-corrected chi connectivity index (χ1v) is 7.22. The summed E-state index contributed by atoms with van der Waals surface area (Å²) in [5.41, 5.74) is 0.0768. The minimum Gasteiger partial charge on any atom is -0.496 e. The number of ether oxygens (including phenoxy) is 1. The highest BCUT2D eigenvalue weighted by atomic mass is 16.6. The van der Waals surface area contributed by atoms with E-state index in [0.717, 1.165) is 12.8 Å². The zero-order valence-electron chi connectivity index (χ0n) is 12.1. The number of anilines is 1. The molecule has 6 nitrogen and oxygen atoms in total. The summed E-state index contributed by atoms with van der Waals surface area (Å²) in [6.45, 7) is 0. The third kappa shape index (κ3) is 4.18. The Morgan fingerprint density at radius 1 is 1.38 bits per heavy atom. The number of amides is 1. The van der Waals surface area contributed by atoms with Gasteiger partial charge >= 0.3 is 0 Å². The zero-order chi connectivity index (χ0) is 15.2. The van der Waals surface area contributed by atoms with Crippen LogP contribution in [-0.4, -0.2) is 17.9 Å². The third-order valence-electron chi connectivity index (χ3n) is 3.87.